The van der Waals surface area contributed by atoms with E-state index in [1.165, 1.54) is 36.4 Å². The first kappa shape index (κ1) is 21.3. The van der Waals surface area contributed by atoms with E-state index in [1.54, 1.807) is 37.5 Å². The quantitative estimate of drug-likeness (QED) is 0.355. The first-order valence-electron chi connectivity index (χ1n) is 8.85. The van der Waals surface area contributed by atoms with Crippen molar-refractivity contribution in [3.05, 3.63) is 96.1 Å². The summed E-state index contributed by atoms with van der Waals surface area (Å²) in [7, 11) is -4.26. The van der Waals surface area contributed by atoms with Gasteiger partial charge in [0.05, 0.1) is 10.6 Å². The summed E-state index contributed by atoms with van der Waals surface area (Å²) < 4.78 is 43.8. The molecule has 0 aliphatic heterocycles. The van der Waals surface area contributed by atoms with Crippen LogP contribution < -0.4 is 5.43 Å². The highest BCUT2D eigenvalue weighted by atomic mass is 32.2. The van der Waals surface area contributed by atoms with Crippen molar-refractivity contribution < 1.29 is 21.8 Å². The van der Waals surface area contributed by atoms with Crippen molar-refractivity contribution in [2.45, 2.75) is 17.9 Å². The Morgan fingerprint density at radius 1 is 1.03 bits per heavy atom. The molecule has 0 saturated carbocycles. The summed E-state index contributed by atoms with van der Waals surface area (Å²) in [6, 6.07) is 15.6. The highest BCUT2D eigenvalue weighted by molar-refractivity contribution is 7.86. The minimum atomic E-state index is -4.26. The average molecular weight is 427 g/mol. The Morgan fingerprint density at radius 2 is 1.67 bits per heavy atom. The van der Waals surface area contributed by atoms with Crippen LogP contribution in [0.25, 0.3) is 0 Å². The van der Waals surface area contributed by atoms with Crippen LogP contribution in [0.1, 0.15) is 24.2 Å². The number of carbonyl (C=O) groups is 1. The summed E-state index contributed by atoms with van der Waals surface area (Å²) in [4.78, 5) is 16.6. The van der Waals surface area contributed by atoms with Crippen molar-refractivity contribution in [1.29, 1.82) is 0 Å². The smallest absolute Gasteiger partial charge is 0.270 e. The van der Waals surface area contributed by atoms with E-state index in [9.17, 15) is 17.6 Å². The van der Waals surface area contributed by atoms with Gasteiger partial charge in [0, 0.05) is 18.0 Å². The SMILES string of the molecule is C/C(=N\NC(=O)C(OS(=O)(=O)c1ccccc1)c1ccc(F)cc1)c1ccncc1. The van der Waals surface area contributed by atoms with Crippen molar-refractivity contribution in [3.63, 3.8) is 0 Å². The van der Waals surface area contributed by atoms with E-state index in [0.717, 1.165) is 17.7 Å². The van der Waals surface area contributed by atoms with E-state index in [4.69, 9.17) is 4.18 Å². The fraction of sp³-hybridized carbons (Fsp3) is 0.0952. The maximum atomic E-state index is 13.3. The van der Waals surface area contributed by atoms with E-state index >= 15 is 0 Å². The molecule has 0 bridgehead atoms. The minimum absolute atomic E-state index is 0.110. The van der Waals surface area contributed by atoms with Gasteiger partial charge < -0.3 is 0 Å². The fourth-order valence-corrected chi connectivity index (χ4v) is 3.57. The molecule has 1 atom stereocenters. The lowest BCUT2D eigenvalue weighted by Gasteiger charge is -2.17. The van der Waals surface area contributed by atoms with Crippen LogP contribution in [0, 0.1) is 5.82 Å². The number of hydrogen-bond acceptors (Lipinski definition) is 6. The van der Waals surface area contributed by atoms with E-state index in [1.807, 2.05) is 0 Å². The van der Waals surface area contributed by atoms with E-state index in [2.05, 4.69) is 15.5 Å². The number of aromatic nitrogens is 1. The van der Waals surface area contributed by atoms with Gasteiger partial charge in [0.2, 0.25) is 0 Å². The molecular weight excluding hydrogens is 409 g/mol. The lowest BCUT2D eigenvalue weighted by Crippen LogP contribution is -2.30. The third-order valence-electron chi connectivity index (χ3n) is 4.10. The summed E-state index contributed by atoms with van der Waals surface area (Å²) in [5.74, 6) is -1.36. The molecule has 0 saturated heterocycles. The van der Waals surface area contributed by atoms with Crippen LogP contribution in [0.4, 0.5) is 4.39 Å². The lowest BCUT2D eigenvalue weighted by atomic mass is 10.1. The maximum Gasteiger partial charge on any atom is 0.298 e. The van der Waals surface area contributed by atoms with Crippen molar-refractivity contribution in [1.82, 2.24) is 10.4 Å². The number of carbonyl (C=O) groups excluding carboxylic acids is 1. The number of nitrogens with zero attached hydrogens (tertiary/aromatic N) is 2. The predicted octanol–water partition coefficient (Wildman–Crippen LogP) is 3.21. The molecule has 3 rings (SSSR count). The van der Waals surface area contributed by atoms with Crippen LogP contribution in [-0.4, -0.2) is 25.0 Å². The molecule has 0 aliphatic rings. The van der Waals surface area contributed by atoms with Gasteiger partial charge in [0.25, 0.3) is 16.0 Å². The largest absolute Gasteiger partial charge is 0.298 e. The molecule has 30 heavy (non-hydrogen) atoms. The summed E-state index contributed by atoms with van der Waals surface area (Å²) in [5, 5.41) is 4.00. The molecule has 3 aromatic rings. The van der Waals surface area contributed by atoms with Crippen LogP contribution in [0.2, 0.25) is 0 Å². The number of amides is 1. The Labute approximate surface area is 173 Å². The summed E-state index contributed by atoms with van der Waals surface area (Å²) in [6.07, 6.45) is 1.59. The van der Waals surface area contributed by atoms with Crippen LogP contribution in [0.15, 0.2) is 89.1 Å². The Hall–Kier alpha value is -3.43. The summed E-state index contributed by atoms with van der Waals surface area (Å²) >= 11 is 0. The van der Waals surface area contributed by atoms with E-state index < -0.39 is 27.9 Å². The normalized spacial score (nSPS) is 12.9. The molecule has 7 nitrogen and oxygen atoms in total. The second-order valence-electron chi connectivity index (χ2n) is 6.20. The molecule has 0 aliphatic carbocycles. The molecule has 0 spiro atoms. The summed E-state index contributed by atoms with van der Waals surface area (Å²) in [5.41, 5.74) is 3.68. The average Bonchev–Trinajstić information content (AvgIpc) is 2.77. The van der Waals surface area contributed by atoms with Crippen LogP contribution in [0.5, 0.6) is 0 Å². The van der Waals surface area contributed by atoms with Gasteiger partial charge in [-0.2, -0.15) is 13.5 Å². The van der Waals surface area contributed by atoms with Crippen molar-refractivity contribution in [2.75, 3.05) is 0 Å². The Morgan fingerprint density at radius 3 is 2.30 bits per heavy atom. The van der Waals surface area contributed by atoms with Gasteiger partial charge in [0.15, 0.2) is 6.10 Å². The highest BCUT2D eigenvalue weighted by Crippen LogP contribution is 2.24. The van der Waals surface area contributed by atoms with Crippen molar-refractivity contribution >= 4 is 21.7 Å². The number of rotatable bonds is 7. The van der Waals surface area contributed by atoms with E-state index in [0.29, 0.717) is 5.71 Å². The molecular formula is C21H18FN3O4S. The molecule has 1 amide bonds. The van der Waals surface area contributed by atoms with Gasteiger partial charge in [-0.1, -0.05) is 30.3 Å². The first-order chi connectivity index (χ1) is 14.4. The number of halogens is 1. The van der Waals surface area contributed by atoms with Gasteiger partial charge in [-0.05, 0) is 48.9 Å². The molecule has 1 unspecified atom stereocenters. The zero-order valence-electron chi connectivity index (χ0n) is 15.9. The zero-order chi connectivity index (χ0) is 21.6. The summed E-state index contributed by atoms with van der Waals surface area (Å²) in [6.45, 7) is 1.67. The van der Waals surface area contributed by atoms with Crippen molar-refractivity contribution in [3.8, 4) is 0 Å². The second kappa shape index (κ2) is 9.38. The van der Waals surface area contributed by atoms with Crippen LogP contribution >= 0.6 is 0 Å². The second-order valence-corrected chi connectivity index (χ2v) is 7.78. The molecule has 1 N–H and O–H groups in total. The fourth-order valence-electron chi connectivity index (χ4n) is 2.51. The zero-order valence-corrected chi connectivity index (χ0v) is 16.7. The van der Waals surface area contributed by atoms with Gasteiger partial charge in [0.1, 0.15) is 5.82 Å². The standard InChI is InChI=1S/C21H18FN3O4S/c1-15(16-11-13-23-14-12-16)24-25-21(26)20(17-7-9-18(22)10-8-17)29-30(27,28)19-5-3-2-4-6-19/h2-14,20H,1H3,(H,25,26)/b24-15+. The highest BCUT2D eigenvalue weighted by Gasteiger charge is 2.29. The van der Waals surface area contributed by atoms with Gasteiger partial charge >= 0.3 is 0 Å². The third-order valence-corrected chi connectivity index (χ3v) is 5.39. The van der Waals surface area contributed by atoms with Crippen LogP contribution in [0.3, 0.4) is 0 Å². The monoisotopic (exact) mass is 427 g/mol. The molecule has 2 aromatic carbocycles. The molecule has 1 aromatic heterocycles. The molecule has 1 heterocycles. The van der Waals surface area contributed by atoms with Gasteiger partial charge in [-0.25, -0.2) is 14.0 Å². The van der Waals surface area contributed by atoms with Gasteiger partial charge in [-0.15, -0.1) is 0 Å². The number of nitrogens with one attached hydrogen (secondary N) is 1. The Balaban J connectivity index is 1.88. The molecule has 154 valence electrons. The Kier molecular flexibility index (Phi) is 6.65. The molecule has 0 radical (unpaired) electrons. The van der Waals surface area contributed by atoms with Gasteiger partial charge in [-0.3, -0.25) is 9.78 Å². The number of hydrogen-bond donors (Lipinski definition) is 1. The molecule has 9 heteroatoms. The first-order valence-corrected chi connectivity index (χ1v) is 10.3. The van der Waals surface area contributed by atoms with Crippen molar-refractivity contribution in [2.24, 2.45) is 5.10 Å². The minimum Gasteiger partial charge on any atom is -0.270 e. The number of hydrazone groups is 1. The number of pyridine rings is 1. The van der Waals surface area contributed by atoms with E-state index in [-0.39, 0.29) is 10.5 Å². The number of benzene rings is 2. The van der Waals surface area contributed by atoms with Crippen LogP contribution in [-0.2, 0) is 19.1 Å². The Bertz CT molecular complexity index is 1140. The predicted molar refractivity (Wildman–Crippen MR) is 108 cm³/mol. The lowest BCUT2D eigenvalue weighted by molar-refractivity contribution is -0.128. The maximum absolute atomic E-state index is 13.3. The molecule has 0 fully saturated rings. The topological polar surface area (TPSA) is 97.7 Å². The third kappa shape index (κ3) is 5.34.